The molecule has 0 bridgehead atoms. The highest BCUT2D eigenvalue weighted by Gasteiger charge is 2.22. The third kappa shape index (κ3) is 2.98. The predicted molar refractivity (Wildman–Crippen MR) is 99.3 cm³/mol. The smallest absolute Gasteiger partial charge is 0.249 e. The minimum absolute atomic E-state index is 0.111. The molecule has 6 heteroatoms. The zero-order valence-corrected chi connectivity index (χ0v) is 14.7. The molecule has 1 aliphatic carbocycles. The number of aromatic nitrogens is 4. The lowest BCUT2D eigenvalue weighted by molar-refractivity contribution is -0.115. The summed E-state index contributed by atoms with van der Waals surface area (Å²) in [5.74, 6) is 1.47. The highest BCUT2D eigenvalue weighted by Crippen LogP contribution is 2.38. The summed E-state index contributed by atoms with van der Waals surface area (Å²) in [5, 5.41) is 9.07. The Morgan fingerprint density at radius 2 is 2.31 bits per heavy atom. The van der Waals surface area contributed by atoms with Gasteiger partial charge >= 0.3 is 0 Å². The van der Waals surface area contributed by atoms with Gasteiger partial charge in [-0.05, 0) is 48.5 Å². The number of hydrogen-bond donors (Lipinski definition) is 1. The molecule has 3 aromatic heterocycles. The first-order valence-electron chi connectivity index (χ1n) is 8.77. The minimum Gasteiger partial charge on any atom is -0.421 e. The first-order chi connectivity index (χ1) is 12.7. The number of nitrogens with zero attached hydrogens (tertiary/aromatic N) is 3. The van der Waals surface area contributed by atoms with E-state index in [1.54, 1.807) is 13.1 Å². The monoisotopic (exact) mass is 348 g/mol. The van der Waals surface area contributed by atoms with Gasteiger partial charge in [-0.25, -0.2) is 4.98 Å². The molecule has 0 fully saturated rings. The second-order valence-corrected chi connectivity index (χ2v) is 6.66. The van der Waals surface area contributed by atoms with Crippen molar-refractivity contribution < 1.29 is 9.21 Å². The molecule has 6 nitrogen and oxygen atoms in total. The summed E-state index contributed by atoms with van der Waals surface area (Å²) in [6, 6.07) is 2.02. The Kier molecular flexibility index (Phi) is 4.24. The van der Waals surface area contributed by atoms with Crippen molar-refractivity contribution >= 4 is 22.4 Å². The van der Waals surface area contributed by atoms with E-state index in [1.807, 2.05) is 12.3 Å². The van der Waals surface area contributed by atoms with Gasteiger partial charge in [0.05, 0.1) is 5.56 Å². The maximum atomic E-state index is 11.8. The Hall–Kier alpha value is -3.02. The van der Waals surface area contributed by atoms with Gasteiger partial charge in [0.1, 0.15) is 5.65 Å². The Morgan fingerprint density at radius 1 is 1.42 bits per heavy atom. The summed E-state index contributed by atoms with van der Waals surface area (Å²) in [6.07, 6.45) is 10.8. The molecule has 0 spiro atoms. The number of rotatable bonds is 5. The Morgan fingerprint density at radius 3 is 3.08 bits per heavy atom. The number of carbonyl (C=O) groups is 1. The second kappa shape index (κ2) is 6.71. The average Bonchev–Trinajstić information content (AvgIpc) is 3.27. The van der Waals surface area contributed by atoms with E-state index in [2.05, 4.69) is 32.8 Å². The maximum Gasteiger partial charge on any atom is 0.249 e. The molecule has 132 valence electrons. The van der Waals surface area contributed by atoms with Gasteiger partial charge in [-0.3, -0.25) is 4.79 Å². The van der Waals surface area contributed by atoms with E-state index in [1.165, 1.54) is 11.6 Å². The van der Waals surface area contributed by atoms with E-state index in [0.29, 0.717) is 24.1 Å². The van der Waals surface area contributed by atoms with E-state index in [9.17, 15) is 4.79 Å². The molecular formula is C20H20N4O2. The third-order valence-corrected chi connectivity index (χ3v) is 4.87. The number of hydrogen-bond acceptors (Lipinski definition) is 5. The van der Waals surface area contributed by atoms with Crippen molar-refractivity contribution in [3.05, 3.63) is 48.6 Å². The fraction of sp³-hybridized carbons (Fsp3) is 0.300. The third-order valence-electron chi connectivity index (χ3n) is 4.87. The molecule has 4 rings (SSSR count). The van der Waals surface area contributed by atoms with E-state index < -0.39 is 0 Å². The molecule has 0 radical (unpaired) electrons. The molecule has 0 saturated carbocycles. The lowest BCUT2D eigenvalue weighted by Crippen LogP contribution is -2.11. The molecule has 3 heterocycles. The van der Waals surface area contributed by atoms with Crippen molar-refractivity contribution in [2.24, 2.45) is 5.92 Å². The highest BCUT2D eigenvalue weighted by molar-refractivity contribution is 6.00. The van der Waals surface area contributed by atoms with Crippen LogP contribution in [0.5, 0.6) is 0 Å². The molecule has 1 atom stereocenters. The molecule has 0 amide bonds. The lowest BCUT2D eigenvalue weighted by Gasteiger charge is -2.22. The van der Waals surface area contributed by atoms with Crippen molar-refractivity contribution in [2.45, 2.75) is 32.6 Å². The fourth-order valence-electron chi connectivity index (χ4n) is 3.65. The zero-order valence-electron chi connectivity index (χ0n) is 14.7. The average molecular weight is 348 g/mol. The lowest BCUT2D eigenvalue weighted by atomic mass is 9.82. The van der Waals surface area contributed by atoms with Gasteiger partial charge in [-0.1, -0.05) is 12.7 Å². The normalized spacial score (nSPS) is 17.3. The molecule has 0 saturated heterocycles. The Balaban J connectivity index is 1.75. The fourth-order valence-corrected chi connectivity index (χ4v) is 3.65. The summed E-state index contributed by atoms with van der Waals surface area (Å²) in [4.78, 5) is 19.4. The van der Waals surface area contributed by atoms with Crippen LogP contribution in [-0.4, -0.2) is 25.9 Å². The van der Waals surface area contributed by atoms with Crippen LogP contribution in [0.25, 0.3) is 28.1 Å². The van der Waals surface area contributed by atoms with Crippen LogP contribution in [-0.2, 0) is 4.79 Å². The zero-order chi connectivity index (χ0) is 18.1. The van der Waals surface area contributed by atoms with Crippen LogP contribution in [0.1, 0.15) is 37.1 Å². The first-order valence-corrected chi connectivity index (χ1v) is 8.77. The van der Waals surface area contributed by atoms with Crippen LogP contribution in [0.3, 0.4) is 0 Å². The Labute approximate surface area is 151 Å². The number of pyridine rings is 1. The van der Waals surface area contributed by atoms with Crippen molar-refractivity contribution in [3.63, 3.8) is 0 Å². The number of nitrogens with one attached hydrogen (secondary N) is 1. The summed E-state index contributed by atoms with van der Waals surface area (Å²) in [7, 11) is 0. The largest absolute Gasteiger partial charge is 0.421 e. The number of aryl methyl sites for hydroxylation is 1. The van der Waals surface area contributed by atoms with Gasteiger partial charge in [-0.15, -0.1) is 10.2 Å². The quantitative estimate of drug-likeness (QED) is 0.697. The number of fused-ring (bicyclic) bond motifs is 1. The minimum atomic E-state index is 0.111. The predicted octanol–water partition coefficient (Wildman–Crippen LogP) is 4.25. The number of carbonyl (C=O) groups excluding carboxylic acids is 1. The molecule has 0 aliphatic heterocycles. The summed E-state index contributed by atoms with van der Waals surface area (Å²) < 4.78 is 5.62. The summed E-state index contributed by atoms with van der Waals surface area (Å²) in [5.41, 5.74) is 3.99. The molecular weight excluding hydrogens is 328 g/mol. The summed E-state index contributed by atoms with van der Waals surface area (Å²) in [6.45, 7) is 5.36. The van der Waals surface area contributed by atoms with Crippen molar-refractivity contribution in [1.82, 2.24) is 20.2 Å². The molecule has 3 aromatic rings. The number of H-pyrrole nitrogens is 1. The first kappa shape index (κ1) is 16.4. The van der Waals surface area contributed by atoms with Crippen molar-refractivity contribution in [1.29, 1.82) is 0 Å². The van der Waals surface area contributed by atoms with Gasteiger partial charge < -0.3 is 9.40 Å². The van der Waals surface area contributed by atoms with E-state index >= 15 is 0 Å². The topological polar surface area (TPSA) is 84.7 Å². The Bertz CT molecular complexity index is 1010. The SMILES string of the molecule is C=CC(=O)CC1CCC=C(c2ccnc3[nH]cc(-c4nnc(C)o4)c23)C1. The highest BCUT2D eigenvalue weighted by atomic mass is 16.4. The second-order valence-electron chi connectivity index (χ2n) is 6.66. The standard InChI is InChI=1S/C20H20N4O2/c1-3-15(25)10-13-5-4-6-14(9-13)16-7-8-21-19-18(16)17(11-22-19)20-24-23-12(2)26-20/h3,6-8,11,13H,1,4-5,9-10H2,2H3,(H,21,22). The van der Waals surface area contributed by atoms with Gasteiger partial charge in [0.15, 0.2) is 5.78 Å². The van der Waals surface area contributed by atoms with Gasteiger partial charge in [0.2, 0.25) is 11.8 Å². The van der Waals surface area contributed by atoms with Crippen LogP contribution in [0.4, 0.5) is 0 Å². The summed E-state index contributed by atoms with van der Waals surface area (Å²) >= 11 is 0. The van der Waals surface area contributed by atoms with Crippen LogP contribution in [0.2, 0.25) is 0 Å². The number of allylic oxidation sites excluding steroid dienone is 3. The van der Waals surface area contributed by atoms with Crippen molar-refractivity contribution in [3.8, 4) is 11.5 Å². The van der Waals surface area contributed by atoms with Crippen LogP contribution in [0, 0.1) is 12.8 Å². The molecule has 0 aromatic carbocycles. The van der Waals surface area contributed by atoms with Crippen LogP contribution in [0.15, 0.2) is 41.6 Å². The molecule has 1 N–H and O–H groups in total. The molecule has 1 aliphatic rings. The van der Waals surface area contributed by atoms with Gasteiger partial charge in [0.25, 0.3) is 0 Å². The van der Waals surface area contributed by atoms with Gasteiger partial charge in [0, 0.05) is 31.1 Å². The molecule has 26 heavy (non-hydrogen) atoms. The van der Waals surface area contributed by atoms with E-state index in [-0.39, 0.29) is 5.78 Å². The van der Waals surface area contributed by atoms with Crippen molar-refractivity contribution in [2.75, 3.05) is 0 Å². The van der Waals surface area contributed by atoms with Crippen LogP contribution >= 0.6 is 0 Å². The van der Waals surface area contributed by atoms with E-state index in [4.69, 9.17) is 4.42 Å². The molecule has 1 unspecified atom stereocenters. The van der Waals surface area contributed by atoms with Gasteiger partial charge in [-0.2, -0.15) is 0 Å². The number of aromatic amines is 1. The number of ketones is 1. The van der Waals surface area contributed by atoms with Crippen LogP contribution < -0.4 is 0 Å². The maximum absolute atomic E-state index is 11.8. The van der Waals surface area contributed by atoms with E-state index in [0.717, 1.165) is 41.4 Å².